The van der Waals surface area contributed by atoms with Crippen LogP contribution in [0.4, 0.5) is 5.82 Å². The molecule has 0 N–H and O–H groups in total. The van der Waals surface area contributed by atoms with Gasteiger partial charge in [0, 0.05) is 25.3 Å². The number of pyridine rings is 1. The molecule has 0 saturated carbocycles. The Morgan fingerprint density at radius 3 is 2.60 bits per heavy atom. The van der Waals surface area contributed by atoms with Crippen LogP contribution in [0.5, 0.6) is 0 Å². The topological polar surface area (TPSA) is 19.4 Å². The maximum atomic E-state index is 4.76. The molecule has 0 aliphatic carbocycles. The number of aryl methyl sites for hydroxylation is 1. The van der Waals surface area contributed by atoms with Crippen LogP contribution >= 0.6 is 0 Å². The standard InChI is InChI=1S/C17H27N3/c1-3-19-9-5-4-8-16(19)15-13-18-17(12-14(15)2)20-10-6-7-11-20/h12-13,16H,3-11H2,1-2H3/t16-/m0/s1. The minimum absolute atomic E-state index is 0.592. The number of aromatic nitrogens is 1. The summed E-state index contributed by atoms with van der Waals surface area (Å²) in [4.78, 5) is 9.80. The molecule has 3 heterocycles. The molecule has 0 unspecified atom stereocenters. The van der Waals surface area contributed by atoms with E-state index in [0.717, 1.165) is 6.54 Å². The lowest BCUT2D eigenvalue weighted by Gasteiger charge is -2.36. The molecule has 2 aliphatic rings. The van der Waals surface area contributed by atoms with E-state index >= 15 is 0 Å². The van der Waals surface area contributed by atoms with Gasteiger partial charge in [0.15, 0.2) is 0 Å². The molecule has 3 heteroatoms. The number of anilines is 1. The zero-order valence-corrected chi connectivity index (χ0v) is 12.9. The van der Waals surface area contributed by atoms with Crippen LogP contribution in [0.3, 0.4) is 0 Å². The van der Waals surface area contributed by atoms with Crippen molar-refractivity contribution >= 4 is 5.82 Å². The molecule has 20 heavy (non-hydrogen) atoms. The molecule has 2 aliphatic heterocycles. The molecule has 3 nitrogen and oxygen atoms in total. The summed E-state index contributed by atoms with van der Waals surface area (Å²) in [5.41, 5.74) is 2.88. The van der Waals surface area contributed by atoms with E-state index < -0.39 is 0 Å². The summed E-state index contributed by atoms with van der Waals surface area (Å²) in [5, 5.41) is 0. The van der Waals surface area contributed by atoms with E-state index in [1.165, 1.54) is 68.7 Å². The fraction of sp³-hybridized carbons (Fsp3) is 0.706. The van der Waals surface area contributed by atoms with Crippen molar-refractivity contribution in [1.82, 2.24) is 9.88 Å². The fourth-order valence-electron chi connectivity index (χ4n) is 3.74. The van der Waals surface area contributed by atoms with Crippen molar-refractivity contribution in [2.75, 3.05) is 31.1 Å². The molecule has 0 bridgehead atoms. The van der Waals surface area contributed by atoms with Crippen molar-refractivity contribution in [3.8, 4) is 0 Å². The van der Waals surface area contributed by atoms with E-state index in [2.05, 4.69) is 35.9 Å². The molecule has 3 rings (SSSR count). The average Bonchev–Trinajstić information content (AvgIpc) is 3.01. The van der Waals surface area contributed by atoms with E-state index in [1.54, 1.807) is 0 Å². The third-order valence-corrected chi connectivity index (χ3v) is 4.95. The first-order valence-electron chi connectivity index (χ1n) is 8.25. The number of nitrogens with zero attached hydrogens (tertiary/aromatic N) is 3. The van der Waals surface area contributed by atoms with Crippen LogP contribution in [-0.4, -0.2) is 36.1 Å². The van der Waals surface area contributed by atoms with E-state index in [9.17, 15) is 0 Å². The lowest BCUT2D eigenvalue weighted by atomic mass is 9.93. The van der Waals surface area contributed by atoms with Crippen molar-refractivity contribution in [2.45, 2.75) is 52.0 Å². The molecule has 1 aromatic rings. The SMILES string of the molecule is CCN1CCCC[C@H]1c1cnc(N2CCCC2)cc1C. The summed E-state index contributed by atoms with van der Waals surface area (Å²) in [6, 6.07) is 2.90. The van der Waals surface area contributed by atoms with Crippen molar-refractivity contribution < 1.29 is 0 Å². The molecule has 1 aromatic heterocycles. The minimum Gasteiger partial charge on any atom is -0.357 e. The predicted molar refractivity (Wildman–Crippen MR) is 84.3 cm³/mol. The van der Waals surface area contributed by atoms with Gasteiger partial charge in [0.1, 0.15) is 5.82 Å². The highest BCUT2D eigenvalue weighted by molar-refractivity contribution is 5.45. The van der Waals surface area contributed by atoms with Gasteiger partial charge in [-0.05, 0) is 62.9 Å². The number of likely N-dealkylation sites (tertiary alicyclic amines) is 1. The summed E-state index contributed by atoms with van der Waals surface area (Å²) in [5.74, 6) is 1.18. The average molecular weight is 273 g/mol. The fourth-order valence-corrected chi connectivity index (χ4v) is 3.74. The summed E-state index contributed by atoms with van der Waals surface area (Å²) >= 11 is 0. The molecule has 2 fully saturated rings. The molecule has 0 amide bonds. The lowest BCUT2D eigenvalue weighted by Crippen LogP contribution is -2.33. The maximum Gasteiger partial charge on any atom is 0.128 e. The molecule has 110 valence electrons. The molecule has 0 aromatic carbocycles. The molecule has 2 saturated heterocycles. The Bertz CT molecular complexity index is 452. The second kappa shape index (κ2) is 6.13. The predicted octanol–water partition coefficient (Wildman–Crippen LogP) is 3.54. The van der Waals surface area contributed by atoms with Crippen LogP contribution in [0, 0.1) is 6.92 Å². The Balaban J connectivity index is 1.82. The normalized spacial score (nSPS) is 24.3. The van der Waals surface area contributed by atoms with Gasteiger partial charge in [0.25, 0.3) is 0 Å². The summed E-state index contributed by atoms with van der Waals surface area (Å²) < 4.78 is 0. The second-order valence-corrected chi connectivity index (χ2v) is 6.23. The van der Waals surface area contributed by atoms with E-state index in [-0.39, 0.29) is 0 Å². The van der Waals surface area contributed by atoms with Crippen LogP contribution in [0.25, 0.3) is 0 Å². The largest absolute Gasteiger partial charge is 0.357 e. The Kier molecular flexibility index (Phi) is 4.25. The summed E-state index contributed by atoms with van der Waals surface area (Å²) in [6.45, 7) is 9.29. The highest BCUT2D eigenvalue weighted by Gasteiger charge is 2.24. The molecular formula is C17H27N3. The molecule has 0 radical (unpaired) electrons. The highest BCUT2D eigenvalue weighted by atomic mass is 15.2. The van der Waals surface area contributed by atoms with Gasteiger partial charge >= 0.3 is 0 Å². The minimum atomic E-state index is 0.592. The third-order valence-electron chi connectivity index (χ3n) is 4.95. The number of piperidine rings is 1. The van der Waals surface area contributed by atoms with Gasteiger partial charge in [0.05, 0.1) is 0 Å². The third kappa shape index (κ3) is 2.69. The number of rotatable bonds is 3. The smallest absolute Gasteiger partial charge is 0.128 e. The van der Waals surface area contributed by atoms with Gasteiger partial charge in [0.2, 0.25) is 0 Å². The van der Waals surface area contributed by atoms with Gasteiger partial charge in [-0.1, -0.05) is 13.3 Å². The van der Waals surface area contributed by atoms with Gasteiger partial charge in [-0.15, -0.1) is 0 Å². The molecule has 0 spiro atoms. The van der Waals surface area contributed by atoms with Gasteiger partial charge in [-0.25, -0.2) is 4.98 Å². The zero-order chi connectivity index (χ0) is 13.9. The Morgan fingerprint density at radius 1 is 1.15 bits per heavy atom. The number of hydrogen-bond acceptors (Lipinski definition) is 3. The molecule has 1 atom stereocenters. The van der Waals surface area contributed by atoms with Crippen molar-refractivity contribution in [3.05, 3.63) is 23.4 Å². The van der Waals surface area contributed by atoms with Crippen molar-refractivity contribution in [3.63, 3.8) is 0 Å². The highest BCUT2D eigenvalue weighted by Crippen LogP contribution is 2.33. The van der Waals surface area contributed by atoms with E-state index in [0.29, 0.717) is 6.04 Å². The van der Waals surface area contributed by atoms with E-state index in [1.807, 2.05) is 0 Å². The van der Waals surface area contributed by atoms with Crippen LogP contribution in [-0.2, 0) is 0 Å². The van der Waals surface area contributed by atoms with Gasteiger partial charge in [-0.3, -0.25) is 4.90 Å². The first-order valence-corrected chi connectivity index (χ1v) is 8.25. The zero-order valence-electron chi connectivity index (χ0n) is 12.9. The quantitative estimate of drug-likeness (QED) is 0.839. The summed E-state index contributed by atoms with van der Waals surface area (Å²) in [6.07, 6.45) is 8.78. The van der Waals surface area contributed by atoms with Crippen LogP contribution < -0.4 is 4.90 Å². The first kappa shape index (κ1) is 13.9. The van der Waals surface area contributed by atoms with Crippen LogP contribution in [0.15, 0.2) is 12.3 Å². The maximum absolute atomic E-state index is 4.76. The van der Waals surface area contributed by atoms with Crippen molar-refractivity contribution in [1.29, 1.82) is 0 Å². The van der Waals surface area contributed by atoms with Crippen LogP contribution in [0.2, 0.25) is 0 Å². The Labute approximate surface area is 123 Å². The second-order valence-electron chi connectivity index (χ2n) is 6.23. The van der Waals surface area contributed by atoms with Crippen LogP contribution in [0.1, 0.15) is 56.2 Å². The first-order chi connectivity index (χ1) is 9.79. The van der Waals surface area contributed by atoms with Gasteiger partial charge < -0.3 is 4.90 Å². The number of hydrogen-bond donors (Lipinski definition) is 0. The van der Waals surface area contributed by atoms with Crippen molar-refractivity contribution in [2.24, 2.45) is 0 Å². The molecular weight excluding hydrogens is 246 g/mol. The Hall–Kier alpha value is -1.09. The summed E-state index contributed by atoms with van der Waals surface area (Å²) in [7, 11) is 0. The van der Waals surface area contributed by atoms with Gasteiger partial charge in [-0.2, -0.15) is 0 Å². The Morgan fingerprint density at radius 2 is 1.90 bits per heavy atom. The lowest BCUT2D eigenvalue weighted by molar-refractivity contribution is 0.156. The monoisotopic (exact) mass is 273 g/mol. The van der Waals surface area contributed by atoms with E-state index in [4.69, 9.17) is 4.98 Å².